The molecule has 126 valence electrons. The van der Waals surface area contributed by atoms with Crippen LogP contribution in [0.25, 0.3) is 11.0 Å². The van der Waals surface area contributed by atoms with Crippen LogP contribution >= 0.6 is 11.8 Å². The third kappa shape index (κ3) is 3.74. The maximum atomic E-state index is 12.0. The van der Waals surface area contributed by atoms with E-state index in [1.165, 1.54) is 11.8 Å². The Kier molecular flexibility index (Phi) is 5.11. The number of fused-ring (bicyclic) bond motifs is 1. The standard InChI is InChI=1S/C15H17N5O3S/c1-10-16-14(23-19-10)18-13(21)9-24-15-17-11-5-3-4-6-12(11)20(15)7-8-22-2/h3-6H,7-9H2,1-2H3,(H,16,18,19,21). The number of aryl methyl sites for hydroxylation is 1. The monoisotopic (exact) mass is 347 g/mol. The molecule has 8 nitrogen and oxygen atoms in total. The summed E-state index contributed by atoms with van der Waals surface area (Å²) in [5, 5.41) is 6.96. The number of thioether (sulfide) groups is 1. The molecule has 0 aliphatic rings. The second-order valence-electron chi connectivity index (χ2n) is 5.01. The van der Waals surface area contributed by atoms with E-state index >= 15 is 0 Å². The number of imidazole rings is 1. The topological polar surface area (TPSA) is 95.1 Å². The van der Waals surface area contributed by atoms with E-state index in [0.717, 1.165) is 16.2 Å². The normalized spacial score (nSPS) is 11.1. The number of rotatable bonds is 7. The lowest BCUT2D eigenvalue weighted by atomic mass is 10.3. The van der Waals surface area contributed by atoms with Crippen LogP contribution in [0, 0.1) is 6.92 Å². The number of ether oxygens (including phenoxy) is 1. The van der Waals surface area contributed by atoms with Gasteiger partial charge in [0.25, 0.3) is 0 Å². The van der Waals surface area contributed by atoms with Crippen LogP contribution in [0.15, 0.2) is 33.9 Å². The average molecular weight is 347 g/mol. The van der Waals surface area contributed by atoms with Crippen LogP contribution in [0.3, 0.4) is 0 Å². The van der Waals surface area contributed by atoms with Crippen molar-refractivity contribution in [3.63, 3.8) is 0 Å². The van der Waals surface area contributed by atoms with Gasteiger partial charge in [0.2, 0.25) is 5.91 Å². The Morgan fingerprint density at radius 2 is 2.21 bits per heavy atom. The summed E-state index contributed by atoms with van der Waals surface area (Å²) in [6, 6.07) is 7.96. The molecule has 1 N–H and O–H groups in total. The van der Waals surface area contributed by atoms with Crippen LogP contribution < -0.4 is 5.32 Å². The third-order valence-electron chi connectivity index (χ3n) is 3.24. The fourth-order valence-electron chi connectivity index (χ4n) is 2.20. The number of hydrogen-bond acceptors (Lipinski definition) is 7. The second-order valence-corrected chi connectivity index (χ2v) is 5.95. The van der Waals surface area contributed by atoms with Gasteiger partial charge in [-0.1, -0.05) is 29.1 Å². The molecule has 2 heterocycles. The van der Waals surface area contributed by atoms with Gasteiger partial charge in [0.1, 0.15) is 0 Å². The average Bonchev–Trinajstić information content (AvgIpc) is 3.14. The van der Waals surface area contributed by atoms with E-state index < -0.39 is 0 Å². The smallest absolute Gasteiger partial charge is 0.328 e. The predicted octanol–water partition coefficient (Wildman–Crippen LogP) is 2.10. The van der Waals surface area contributed by atoms with Crippen LogP contribution in [0.1, 0.15) is 5.82 Å². The lowest BCUT2D eigenvalue weighted by Gasteiger charge is -2.07. The first-order valence-electron chi connectivity index (χ1n) is 7.34. The quantitative estimate of drug-likeness (QED) is 0.654. The zero-order chi connectivity index (χ0) is 16.9. The highest BCUT2D eigenvalue weighted by Gasteiger charge is 2.14. The second kappa shape index (κ2) is 7.45. The van der Waals surface area contributed by atoms with Gasteiger partial charge in [-0.25, -0.2) is 4.98 Å². The van der Waals surface area contributed by atoms with E-state index in [9.17, 15) is 4.79 Å². The number of anilines is 1. The van der Waals surface area contributed by atoms with E-state index in [1.807, 2.05) is 28.8 Å². The molecule has 9 heteroatoms. The molecule has 1 amide bonds. The number of methoxy groups -OCH3 is 1. The van der Waals surface area contributed by atoms with Gasteiger partial charge in [0, 0.05) is 13.7 Å². The lowest BCUT2D eigenvalue weighted by Crippen LogP contribution is -2.15. The molecule has 0 radical (unpaired) electrons. The van der Waals surface area contributed by atoms with Crippen molar-refractivity contribution in [2.24, 2.45) is 0 Å². The van der Waals surface area contributed by atoms with Crippen molar-refractivity contribution in [1.82, 2.24) is 19.7 Å². The molecule has 0 aliphatic carbocycles. The number of aromatic nitrogens is 4. The molecule has 3 rings (SSSR count). The Hall–Kier alpha value is -2.39. The minimum Gasteiger partial charge on any atom is -0.383 e. The Balaban J connectivity index is 1.70. The van der Waals surface area contributed by atoms with E-state index in [0.29, 0.717) is 19.0 Å². The summed E-state index contributed by atoms with van der Waals surface area (Å²) in [7, 11) is 1.66. The van der Waals surface area contributed by atoms with E-state index in [2.05, 4.69) is 20.4 Å². The summed E-state index contributed by atoms with van der Waals surface area (Å²) >= 11 is 1.35. The molecule has 2 aromatic heterocycles. The summed E-state index contributed by atoms with van der Waals surface area (Å²) in [4.78, 5) is 20.5. The van der Waals surface area contributed by atoms with Gasteiger partial charge < -0.3 is 13.8 Å². The summed E-state index contributed by atoms with van der Waals surface area (Å²) in [6.45, 7) is 2.93. The fourth-order valence-corrected chi connectivity index (χ4v) is 3.04. The minimum atomic E-state index is -0.228. The molecular formula is C15H17N5O3S. The van der Waals surface area contributed by atoms with Crippen LogP contribution in [0.5, 0.6) is 0 Å². The van der Waals surface area contributed by atoms with Crippen molar-refractivity contribution in [3.05, 3.63) is 30.1 Å². The number of hydrogen-bond donors (Lipinski definition) is 1. The van der Waals surface area contributed by atoms with E-state index in [1.54, 1.807) is 14.0 Å². The van der Waals surface area contributed by atoms with E-state index in [4.69, 9.17) is 9.26 Å². The van der Waals surface area contributed by atoms with Crippen LogP contribution in [0.2, 0.25) is 0 Å². The minimum absolute atomic E-state index is 0.103. The van der Waals surface area contributed by atoms with Gasteiger partial charge in [0.15, 0.2) is 11.0 Å². The first kappa shape index (κ1) is 16.5. The SMILES string of the molecule is COCCn1c(SCC(=O)Nc2nc(C)no2)nc2ccccc21. The lowest BCUT2D eigenvalue weighted by molar-refractivity contribution is -0.114. The number of para-hydroxylation sites is 2. The summed E-state index contributed by atoms with van der Waals surface area (Å²) in [5.41, 5.74) is 1.91. The molecule has 0 unspecified atom stereocenters. The van der Waals surface area contributed by atoms with Gasteiger partial charge >= 0.3 is 6.01 Å². The number of amides is 1. The van der Waals surface area contributed by atoms with Crippen LogP contribution in [-0.2, 0) is 16.1 Å². The van der Waals surface area contributed by atoms with Crippen molar-refractivity contribution in [2.75, 3.05) is 24.8 Å². The van der Waals surface area contributed by atoms with Gasteiger partial charge in [-0.05, 0) is 19.1 Å². The number of carbonyl (C=O) groups excluding carboxylic acids is 1. The molecule has 0 spiro atoms. The predicted molar refractivity (Wildman–Crippen MR) is 90.0 cm³/mol. The highest BCUT2D eigenvalue weighted by molar-refractivity contribution is 7.99. The maximum absolute atomic E-state index is 12.0. The summed E-state index contributed by atoms with van der Waals surface area (Å²) < 4.78 is 12.1. The van der Waals surface area contributed by atoms with Crippen molar-refractivity contribution in [1.29, 1.82) is 0 Å². The van der Waals surface area contributed by atoms with E-state index in [-0.39, 0.29) is 17.7 Å². The number of carbonyl (C=O) groups is 1. The van der Waals surface area contributed by atoms with Gasteiger partial charge in [-0.2, -0.15) is 4.98 Å². The maximum Gasteiger partial charge on any atom is 0.328 e. The van der Waals surface area contributed by atoms with Gasteiger partial charge in [-0.3, -0.25) is 10.1 Å². The molecule has 0 aliphatic heterocycles. The van der Waals surface area contributed by atoms with Crippen molar-refractivity contribution in [2.45, 2.75) is 18.6 Å². The van der Waals surface area contributed by atoms with Crippen molar-refractivity contribution in [3.8, 4) is 0 Å². The Bertz CT molecular complexity index is 845. The molecule has 0 fully saturated rings. The molecule has 1 aromatic carbocycles. The first-order valence-corrected chi connectivity index (χ1v) is 8.33. The van der Waals surface area contributed by atoms with Crippen molar-refractivity contribution < 1.29 is 14.1 Å². The Morgan fingerprint density at radius 3 is 2.96 bits per heavy atom. The molecule has 3 aromatic rings. The molecule has 0 bridgehead atoms. The zero-order valence-corrected chi connectivity index (χ0v) is 14.2. The van der Waals surface area contributed by atoms with Crippen molar-refractivity contribution >= 4 is 34.7 Å². The Morgan fingerprint density at radius 1 is 1.38 bits per heavy atom. The molecular weight excluding hydrogens is 330 g/mol. The largest absolute Gasteiger partial charge is 0.383 e. The highest BCUT2D eigenvalue weighted by atomic mass is 32.2. The molecule has 0 saturated heterocycles. The zero-order valence-electron chi connectivity index (χ0n) is 13.4. The summed E-state index contributed by atoms with van der Waals surface area (Å²) in [5.74, 6) is 0.436. The third-order valence-corrected chi connectivity index (χ3v) is 4.22. The Labute approximate surface area is 142 Å². The van der Waals surface area contributed by atoms with Crippen LogP contribution in [-0.4, -0.2) is 45.1 Å². The van der Waals surface area contributed by atoms with Gasteiger partial charge in [-0.15, -0.1) is 0 Å². The van der Waals surface area contributed by atoms with Crippen LogP contribution in [0.4, 0.5) is 6.01 Å². The highest BCUT2D eigenvalue weighted by Crippen LogP contribution is 2.24. The first-order chi connectivity index (χ1) is 11.7. The molecule has 0 saturated carbocycles. The number of nitrogens with one attached hydrogen (secondary N) is 1. The molecule has 24 heavy (non-hydrogen) atoms. The number of benzene rings is 1. The molecule has 0 atom stereocenters. The number of nitrogens with zero attached hydrogens (tertiary/aromatic N) is 4. The summed E-state index contributed by atoms with van der Waals surface area (Å²) in [6.07, 6.45) is 0. The van der Waals surface area contributed by atoms with Gasteiger partial charge in [0.05, 0.1) is 23.4 Å². The fraction of sp³-hybridized carbons (Fsp3) is 0.333.